The third-order valence-corrected chi connectivity index (χ3v) is 7.56. The van der Waals surface area contributed by atoms with Gasteiger partial charge in [0, 0.05) is 30.6 Å². The summed E-state index contributed by atoms with van der Waals surface area (Å²) in [4.78, 5) is 20.1. The Bertz CT molecular complexity index is 1340. The maximum Gasteiger partial charge on any atom is 0.319 e. The summed E-state index contributed by atoms with van der Waals surface area (Å²) in [7, 11) is 1.97. The number of amides is 2. The summed E-state index contributed by atoms with van der Waals surface area (Å²) >= 11 is 1.57. The number of nitrogens with zero attached hydrogens (tertiary/aromatic N) is 4. The largest absolute Gasteiger partial charge is 0.380 e. The van der Waals surface area contributed by atoms with E-state index < -0.39 is 0 Å². The molecule has 4 heterocycles. The van der Waals surface area contributed by atoms with Crippen LogP contribution in [0.25, 0.3) is 21.6 Å². The molecule has 1 spiro atoms. The number of carbonyl (C=O) groups is 1. The number of urea groups is 1. The summed E-state index contributed by atoms with van der Waals surface area (Å²) in [6.07, 6.45) is 1.80. The summed E-state index contributed by atoms with van der Waals surface area (Å²) in [5.74, 6) is 0. The lowest BCUT2D eigenvalue weighted by Crippen LogP contribution is -2.69. The van der Waals surface area contributed by atoms with Crippen LogP contribution in [0.3, 0.4) is 0 Å². The fourth-order valence-electron chi connectivity index (χ4n) is 4.59. The Hall–Kier alpha value is -3.48. The van der Waals surface area contributed by atoms with Gasteiger partial charge in [0.1, 0.15) is 0 Å². The zero-order chi connectivity index (χ0) is 22.6. The molecule has 3 aliphatic heterocycles. The zero-order valence-corrected chi connectivity index (χ0v) is 18.9. The van der Waals surface area contributed by atoms with Gasteiger partial charge in [0.2, 0.25) is 0 Å². The van der Waals surface area contributed by atoms with E-state index >= 15 is 0 Å². The number of thioether (sulfide) groups is 1. The maximum absolute atomic E-state index is 12.8. The third kappa shape index (κ3) is 3.43. The Morgan fingerprint density at radius 3 is 2.88 bits per heavy atom. The number of aromatic nitrogens is 2. The first kappa shape index (κ1) is 20.1. The number of fused-ring (bicyclic) bond motifs is 1. The van der Waals surface area contributed by atoms with Crippen LogP contribution in [0.15, 0.2) is 48.8 Å². The molecule has 0 aliphatic carbocycles. The molecule has 2 amide bonds. The number of nitrogens with one attached hydrogen (secondary N) is 2. The second-order valence-electron chi connectivity index (χ2n) is 8.90. The van der Waals surface area contributed by atoms with E-state index in [1.807, 2.05) is 46.8 Å². The number of ether oxygens (including phenoxy) is 1. The predicted octanol–water partition coefficient (Wildman–Crippen LogP) is 2.93. The molecule has 33 heavy (non-hydrogen) atoms. The van der Waals surface area contributed by atoms with Gasteiger partial charge in [-0.2, -0.15) is 5.26 Å². The van der Waals surface area contributed by atoms with E-state index in [1.165, 1.54) is 0 Å². The molecule has 8 nitrogen and oxygen atoms in total. The molecule has 0 radical (unpaired) electrons. The lowest BCUT2D eigenvalue weighted by molar-refractivity contribution is -0.175. The van der Waals surface area contributed by atoms with Crippen molar-refractivity contribution in [2.75, 3.05) is 26.3 Å². The molecule has 2 aromatic carbocycles. The monoisotopic (exact) mass is 458 g/mol. The van der Waals surface area contributed by atoms with Crippen molar-refractivity contribution in [2.24, 2.45) is 12.5 Å². The van der Waals surface area contributed by atoms with E-state index in [0.717, 1.165) is 59.1 Å². The number of nitriles is 1. The van der Waals surface area contributed by atoms with E-state index in [9.17, 15) is 10.1 Å². The van der Waals surface area contributed by atoms with Gasteiger partial charge < -0.3 is 24.8 Å². The summed E-state index contributed by atoms with van der Waals surface area (Å²) in [5.41, 5.74) is 5.27. The molecule has 1 aromatic heterocycles. The number of hydrogen-bond donors (Lipinski definition) is 2. The molecule has 1 atom stereocenters. The summed E-state index contributed by atoms with van der Waals surface area (Å²) in [6, 6.07) is 15.8. The Morgan fingerprint density at radius 2 is 2.12 bits per heavy atom. The van der Waals surface area contributed by atoms with Gasteiger partial charge in [0.05, 0.1) is 53.3 Å². The van der Waals surface area contributed by atoms with Crippen LogP contribution >= 0.6 is 11.8 Å². The van der Waals surface area contributed by atoms with Crippen molar-refractivity contribution in [3.63, 3.8) is 0 Å². The van der Waals surface area contributed by atoms with Crippen molar-refractivity contribution < 1.29 is 9.53 Å². The normalized spacial score (nSPS) is 20.8. The van der Waals surface area contributed by atoms with Crippen LogP contribution in [0.4, 0.5) is 4.79 Å². The summed E-state index contributed by atoms with van der Waals surface area (Å²) in [5, 5.41) is 16.0. The molecule has 3 aliphatic rings. The molecule has 6 rings (SSSR count). The van der Waals surface area contributed by atoms with Crippen LogP contribution in [-0.2, 0) is 11.8 Å². The Kier molecular flexibility index (Phi) is 4.60. The highest BCUT2D eigenvalue weighted by Gasteiger charge is 2.51. The molecule has 2 fully saturated rings. The van der Waals surface area contributed by atoms with Gasteiger partial charge in [-0.05, 0) is 29.8 Å². The lowest BCUT2D eigenvalue weighted by atomic mass is 9.78. The Labute approximate surface area is 195 Å². The molecule has 0 saturated carbocycles. The van der Waals surface area contributed by atoms with Crippen molar-refractivity contribution in [1.82, 2.24) is 25.1 Å². The highest BCUT2D eigenvalue weighted by atomic mass is 32.2. The predicted molar refractivity (Wildman–Crippen MR) is 127 cm³/mol. The van der Waals surface area contributed by atoms with E-state index in [2.05, 4.69) is 27.8 Å². The average Bonchev–Trinajstić information content (AvgIpc) is 3.35. The van der Waals surface area contributed by atoms with Gasteiger partial charge in [0.25, 0.3) is 0 Å². The Balaban J connectivity index is 1.29. The van der Waals surface area contributed by atoms with Crippen molar-refractivity contribution in [3.05, 3.63) is 65.5 Å². The second kappa shape index (κ2) is 7.54. The van der Waals surface area contributed by atoms with Gasteiger partial charge in [-0.25, -0.2) is 9.78 Å². The van der Waals surface area contributed by atoms with Crippen LogP contribution in [0.1, 0.15) is 16.7 Å². The standard InChI is InChI=1S/C24H22N6O2S/c1-29-14-26-18-6-5-17(8-19(18)29)21-20(16-4-2-3-15(7-16)9-25)27-22(33-21)28-23(31)30-10-24(11-30)12-32-13-24/h2-8,14,22,27H,10-13H2,1H3,(H,28,31). The molecule has 3 aromatic rings. The number of benzene rings is 2. The van der Waals surface area contributed by atoms with Crippen molar-refractivity contribution in [3.8, 4) is 6.07 Å². The van der Waals surface area contributed by atoms with Gasteiger partial charge in [0.15, 0.2) is 5.50 Å². The zero-order valence-electron chi connectivity index (χ0n) is 18.0. The molecular weight excluding hydrogens is 436 g/mol. The van der Waals surface area contributed by atoms with Crippen LogP contribution in [0, 0.1) is 16.7 Å². The highest BCUT2D eigenvalue weighted by Crippen LogP contribution is 2.43. The fourth-order valence-corrected chi connectivity index (χ4v) is 5.72. The number of likely N-dealkylation sites (tertiary alicyclic amines) is 1. The quantitative estimate of drug-likeness (QED) is 0.627. The van der Waals surface area contributed by atoms with E-state index in [1.54, 1.807) is 24.2 Å². The molecular formula is C24H22N6O2S. The first-order chi connectivity index (χ1) is 16.0. The minimum atomic E-state index is -0.315. The third-order valence-electron chi connectivity index (χ3n) is 6.42. The average molecular weight is 459 g/mol. The summed E-state index contributed by atoms with van der Waals surface area (Å²) < 4.78 is 7.30. The van der Waals surface area contributed by atoms with Crippen molar-refractivity contribution >= 4 is 39.4 Å². The van der Waals surface area contributed by atoms with Crippen molar-refractivity contribution in [2.45, 2.75) is 5.50 Å². The number of aryl methyl sites for hydroxylation is 1. The molecule has 9 heteroatoms. The fraction of sp³-hybridized carbons (Fsp3) is 0.292. The van der Waals surface area contributed by atoms with E-state index in [4.69, 9.17) is 4.74 Å². The van der Waals surface area contributed by atoms with Crippen LogP contribution in [0.5, 0.6) is 0 Å². The number of carbonyl (C=O) groups excluding carboxylic acids is 1. The molecule has 0 bridgehead atoms. The first-order valence-electron chi connectivity index (χ1n) is 10.8. The lowest BCUT2D eigenvalue weighted by Gasteiger charge is -2.54. The molecule has 166 valence electrons. The van der Waals surface area contributed by atoms with Gasteiger partial charge in [-0.3, -0.25) is 0 Å². The SMILES string of the molecule is Cn1cnc2ccc(C3=C(c4cccc(C#N)c4)NC(NC(=O)N4CC5(COC5)C4)S3)cc21. The molecule has 1 unspecified atom stereocenters. The topological polar surface area (TPSA) is 95.2 Å². The van der Waals surface area contributed by atoms with Crippen LogP contribution in [-0.4, -0.2) is 52.3 Å². The Morgan fingerprint density at radius 1 is 1.27 bits per heavy atom. The van der Waals surface area contributed by atoms with E-state index in [-0.39, 0.29) is 16.9 Å². The number of rotatable bonds is 3. The van der Waals surface area contributed by atoms with E-state index in [0.29, 0.717) is 5.56 Å². The number of imidazole rings is 1. The minimum Gasteiger partial charge on any atom is -0.380 e. The van der Waals surface area contributed by atoms with Crippen LogP contribution < -0.4 is 10.6 Å². The smallest absolute Gasteiger partial charge is 0.319 e. The van der Waals surface area contributed by atoms with Gasteiger partial charge in [-0.15, -0.1) is 0 Å². The molecule has 2 N–H and O–H groups in total. The van der Waals surface area contributed by atoms with Gasteiger partial charge >= 0.3 is 6.03 Å². The number of hydrogen-bond acceptors (Lipinski definition) is 6. The second-order valence-corrected chi connectivity index (χ2v) is 10.0. The maximum atomic E-state index is 12.8. The van der Waals surface area contributed by atoms with Crippen molar-refractivity contribution in [1.29, 1.82) is 5.26 Å². The minimum absolute atomic E-state index is 0.0778. The van der Waals surface area contributed by atoms with Crippen LogP contribution in [0.2, 0.25) is 0 Å². The first-order valence-corrected chi connectivity index (χ1v) is 11.6. The molecule has 2 saturated heterocycles. The van der Waals surface area contributed by atoms with Gasteiger partial charge in [-0.1, -0.05) is 30.0 Å². The summed E-state index contributed by atoms with van der Waals surface area (Å²) in [6.45, 7) is 2.97. The highest BCUT2D eigenvalue weighted by molar-refractivity contribution is 8.09.